The molecule has 8 heteroatoms. The van der Waals surface area contributed by atoms with Gasteiger partial charge in [0, 0.05) is 42.7 Å². The Hall–Kier alpha value is -2.74. The van der Waals surface area contributed by atoms with E-state index in [1.807, 2.05) is 22.7 Å². The standard InChI is InChI=1S/C21H21N5O2S/c27-20-11-15-13-29-9-5-17(15)24-26(20)12-16-2-1-8-25(16)21(28)14-3-4-18-19(10-14)23-7-6-22-18/h3-4,6-7,10-11,16H,1-2,5,8-9,12-13H2. The molecule has 1 saturated heterocycles. The number of thioether (sulfide) groups is 1. The Morgan fingerprint density at radius 1 is 1.17 bits per heavy atom. The van der Waals surface area contributed by atoms with Gasteiger partial charge in [-0.05, 0) is 42.4 Å². The summed E-state index contributed by atoms with van der Waals surface area (Å²) in [5.74, 6) is 1.87. The van der Waals surface area contributed by atoms with Crippen molar-refractivity contribution in [1.82, 2.24) is 24.6 Å². The van der Waals surface area contributed by atoms with E-state index in [0.29, 0.717) is 24.2 Å². The second-order valence-corrected chi connectivity index (χ2v) is 8.60. The molecular weight excluding hydrogens is 386 g/mol. The van der Waals surface area contributed by atoms with Crippen LogP contribution in [0.15, 0.2) is 41.5 Å². The number of carbonyl (C=O) groups is 1. The summed E-state index contributed by atoms with van der Waals surface area (Å²) >= 11 is 1.84. The van der Waals surface area contributed by atoms with Gasteiger partial charge in [0.15, 0.2) is 0 Å². The summed E-state index contributed by atoms with van der Waals surface area (Å²) in [5, 5.41) is 4.62. The van der Waals surface area contributed by atoms with Crippen LogP contribution in [0.4, 0.5) is 0 Å². The van der Waals surface area contributed by atoms with Gasteiger partial charge in [-0.25, -0.2) is 4.68 Å². The molecule has 1 amide bonds. The average molecular weight is 407 g/mol. The summed E-state index contributed by atoms with van der Waals surface area (Å²) in [6, 6.07) is 7.11. The van der Waals surface area contributed by atoms with Gasteiger partial charge in [-0.15, -0.1) is 0 Å². The maximum Gasteiger partial charge on any atom is 0.267 e. The molecule has 1 unspecified atom stereocenters. The van der Waals surface area contributed by atoms with Crippen molar-refractivity contribution in [3.05, 3.63) is 63.8 Å². The summed E-state index contributed by atoms with van der Waals surface area (Å²) in [5.41, 5.74) is 4.08. The number of hydrogen-bond donors (Lipinski definition) is 0. The number of fused-ring (bicyclic) bond motifs is 2. The van der Waals surface area contributed by atoms with E-state index in [4.69, 9.17) is 0 Å². The highest BCUT2D eigenvalue weighted by molar-refractivity contribution is 7.98. The Kier molecular flexibility index (Phi) is 4.79. The minimum Gasteiger partial charge on any atom is -0.334 e. The molecular formula is C21H21N5O2S. The lowest BCUT2D eigenvalue weighted by atomic mass is 10.1. The van der Waals surface area contributed by atoms with Gasteiger partial charge in [-0.1, -0.05) is 0 Å². The van der Waals surface area contributed by atoms with Crippen molar-refractivity contribution in [2.45, 2.75) is 37.6 Å². The zero-order valence-electron chi connectivity index (χ0n) is 16.0. The fourth-order valence-electron chi connectivity index (χ4n) is 4.14. The molecule has 0 radical (unpaired) electrons. The van der Waals surface area contributed by atoms with Gasteiger partial charge in [0.25, 0.3) is 11.5 Å². The second-order valence-electron chi connectivity index (χ2n) is 7.49. The first-order valence-corrected chi connectivity index (χ1v) is 11.0. The molecule has 1 aromatic carbocycles. The van der Waals surface area contributed by atoms with E-state index in [1.54, 1.807) is 35.3 Å². The van der Waals surface area contributed by atoms with E-state index in [1.165, 1.54) is 0 Å². The van der Waals surface area contributed by atoms with Crippen molar-refractivity contribution in [3.63, 3.8) is 0 Å². The van der Waals surface area contributed by atoms with Crippen LogP contribution in [0.25, 0.3) is 11.0 Å². The maximum atomic E-state index is 13.2. The molecule has 0 spiro atoms. The van der Waals surface area contributed by atoms with Gasteiger partial charge in [0.1, 0.15) is 0 Å². The van der Waals surface area contributed by atoms with Gasteiger partial charge in [-0.3, -0.25) is 19.6 Å². The monoisotopic (exact) mass is 407 g/mol. The molecule has 5 rings (SSSR count). The van der Waals surface area contributed by atoms with E-state index < -0.39 is 0 Å². The molecule has 3 aromatic rings. The van der Waals surface area contributed by atoms with Gasteiger partial charge in [-0.2, -0.15) is 16.9 Å². The summed E-state index contributed by atoms with van der Waals surface area (Å²) in [6.45, 7) is 1.14. The Balaban J connectivity index is 1.39. The highest BCUT2D eigenvalue weighted by atomic mass is 32.2. The quantitative estimate of drug-likeness (QED) is 0.663. The minimum absolute atomic E-state index is 0.0255. The molecule has 0 saturated carbocycles. The van der Waals surface area contributed by atoms with Crippen molar-refractivity contribution in [2.75, 3.05) is 12.3 Å². The summed E-state index contributed by atoms with van der Waals surface area (Å²) in [6.07, 6.45) is 5.97. The first-order chi connectivity index (χ1) is 14.2. The van der Waals surface area contributed by atoms with Crippen LogP contribution in [0.3, 0.4) is 0 Å². The third-order valence-corrected chi connectivity index (χ3v) is 6.65. The zero-order chi connectivity index (χ0) is 19.8. The Morgan fingerprint density at radius 3 is 2.93 bits per heavy atom. The molecule has 0 aliphatic carbocycles. The fourth-order valence-corrected chi connectivity index (χ4v) is 5.09. The third kappa shape index (κ3) is 3.53. The molecule has 4 heterocycles. The zero-order valence-corrected chi connectivity index (χ0v) is 16.8. The number of rotatable bonds is 3. The van der Waals surface area contributed by atoms with E-state index >= 15 is 0 Å². The minimum atomic E-state index is -0.0773. The van der Waals surface area contributed by atoms with Crippen molar-refractivity contribution < 1.29 is 4.79 Å². The maximum absolute atomic E-state index is 13.2. The van der Waals surface area contributed by atoms with E-state index in [-0.39, 0.29) is 17.5 Å². The lowest BCUT2D eigenvalue weighted by Crippen LogP contribution is -2.41. The van der Waals surface area contributed by atoms with Crippen molar-refractivity contribution in [1.29, 1.82) is 0 Å². The first kappa shape index (κ1) is 18.3. The summed E-state index contributed by atoms with van der Waals surface area (Å²) < 4.78 is 1.55. The highest BCUT2D eigenvalue weighted by Crippen LogP contribution is 2.24. The van der Waals surface area contributed by atoms with E-state index in [9.17, 15) is 9.59 Å². The number of aryl methyl sites for hydroxylation is 1. The Labute approximate surface area is 172 Å². The lowest BCUT2D eigenvalue weighted by molar-refractivity contribution is 0.0720. The van der Waals surface area contributed by atoms with Crippen molar-refractivity contribution >= 4 is 28.7 Å². The van der Waals surface area contributed by atoms with Gasteiger partial charge >= 0.3 is 0 Å². The van der Waals surface area contributed by atoms with Crippen LogP contribution in [-0.4, -0.2) is 48.9 Å². The summed E-state index contributed by atoms with van der Waals surface area (Å²) in [4.78, 5) is 36.2. The SMILES string of the molecule is O=C(c1ccc2nccnc2c1)N1CCCC1Cn1nc2c(cc1=O)CSCC2. The number of amides is 1. The molecule has 0 bridgehead atoms. The van der Waals surface area contributed by atoms with Crippen LogP contribution < -0.4 is 5.56 Å². The molecule has 2 aliphatic heterocycles. The Bertz CT molecular complexity index is 1150. The smallest absolute Gasteiger partial charge is 0.267 e. The second kappa shape index (κ2) is 7.59. The molecule has 1 atom stereocenters. The lowest BCUT2D eigenvalue weighted by Gasteiger charge is -2.25. The predicted octanol–water partition coefficient (Wildman–Crippen LogP) is 2.28. The number of aromatic nitrogens is 4. The average Bonchev–Trinajstić information content (AvgIpc) is 3.21. The van der Waals surface area contributed by atoms with E-state index in [0.717, 1.165) is 47.5 Å². The van der Waals surface area contributed by atoms with Gasteiger partial charge in [0.05, 0.1) is 29.3 Å². The fraction of sp³-hybridized carbons (Fsp3) is 0.381. The largest absolute Gasteiger partial charge is 0.334 e. The van der Waals surface area contributed by atoms with Crippen LogP contribution in [0.2, 0.25) is 0 Å². The molecule has 2 aromatic heterocycles. The van der Waals surface area contributed by atoms with E-state index in [2.05, 4.69) is 15.1 Å². The predicted molar refractivity (Wildman–Crippen MR) is 112 cm³/mol. The third-order valence-electron chi connectivity index (χ3n) is 5.64. The normalized spacial score (nSPS) is 18.8. The Morgan fingerprint density at radius 2 is 2.03 bits per heavy atom. The first-order valence-electron chi connectivity index (χ1n) is 9.88. The van der Waals surface area contributed by atoms with Gasteiger partial charge in [0.2, 0.25) is 0 Å². The molecule has 148 valence electrons. The highest BCUT2D eigenvalue weighted by Gasteiger charge is 2.30. The number of nitrogens with zero attached hydrogens (tertiary/aromatic N) is 5. The van der Waals surface area contributed by atoms with Crippen LogP contribution in [0.1, 0.15) is 34.5 Å². The summed E-state index contributed by atoms with van der Waals surface area (Å²) in [7, 11) is 0. The number of likely N-dealkylation sites (tertiary alicyclic amines) is 1. The molecule has 0 N–H and O–H groups in total. The van der Waals surface area contributed by atoms with Crippen LogP contribution in [0.5, 0.6) is 0 Å². The number of hydrogen-bond acceptors (Lipinski definition) is 6. The van der Waals surface area contributed by atoms with Crippen molar-refractivity contribution in [3.8, 4) is 0 Å². The van der Waals surface area contributed by atoms with Gasteiger partial charge < -0.3 is 4.90 Å². The molecule has 2 aliphatic rings. The molecule has 29 heavy (non-hydrogen) atoms. The number of carbonyl (C=O) groups excluding carboxylic acids is 1. The number of benzene rings is 1. The van der Waals surface area contributed by atoms with Crippen LogP contribution >= 0.6 is 11.8 Å². The van der Waals surface area contributed by atoms with Crippen LogP contribution in [0, 0.1) is 0 Å². The molecule has 7 nitrogen and oxygen atoms in total. The topological polar surface area (TPSA) is 81.0 Å². The molecule has 1 fully saturated rings. The van der Waals surface area contributed by atoms with Crippen LogP contribution in [-0.2, 0) is 18.7 Å². The van der Waals surface area contributed by atoms with Crippen molar-refractivity contribution in [2.24, 2.45) is 0 Å².